The number of aromatic hydroxyl groups is 1. The van der Waals surface area contributed by atoms with Gasteiger partial charge in [-0.25, -0.2) is 13.8 Å². The molecule has 2 atom stereocenters. The molecule has 8 rings (SSSR count). The second-order valence-electron chi connectivity index (χ2n) is 15.1. The number of methoxy groups -OCH3 is 1. The number of rotatable bonds is 10. The molecule has 2 unspecified atom stereocenters. The van der Waals surface area contributed by atoms with E-state index in [0.29, 0.717) is 43.2 Å². The number of pyridine rings is 1. The van der Waals surface area contributed by atoms with Gasteiger partial charge in [-0.3, -0.25) is 0 Å². The lowest BCUT2D eigenvalue weighted by Crippen LogP contribution is -2.33. The maximum Gasteiger partial charge on any atom is 0.319 e. The first-order valence-electron chi connectivity index (χ1n) is 18.3. The van der Waals surface area contributed by atoms with Crippen molar-refractivity contribution in [2.75, 3.05) is 51.3 Å². The van der Waals surface area contributed by atoms with Crippen molar-refractivity contribution < 1.29 is 23.4 Å². The van der Waals surface area contributed by atoms with E-state index in [2.05, 4.69) is 40.7 Å². The molecular formula is C42H44F2N6O3. The van der Waals surface area contributed by atoms with E-state index in [4.69, 9.17) is 26.1 Å². The molecule has 0 bridgehead atoms. The van der Waals surface area contributed by atoms with Crippen molar-refractivity contribution in [3.05, 3.63) is 65.8 Å². The molecule has 0 amide bonds. The first kappa shape index (κ1) is 36.1. The van der Waals surface area contributed by atoms with Crippen LogP contribution in [0.2, 0.25) is 0 Å². The van der Waals surface area contributed by atoms with Gasteiger partial charge >= 0.3 is 6.01 Å². The van der Waals surface area contributed by atoms with Gasteiger partial charge in [0, 0.05) is 55.5 Å². The van der Waals surface area contributed by atoms with Crippen molar-refractivity contribution in [3.63, 3.8) is 0 Å². The normalized spacial score (nSPS) is 19.7. The Kier molecular flexibility index (Phi) is 10.2. The molecule has 2 aliphatic carbocycles. The minimum Gasteiger partial charge on any atom is -0.508 e. The van der Waals surface area contributed by atoms with Gasteiger partial charge < -0.3 is 24.4 Å². The van der Waals surface area contributed by atoms with E-state index < -0.39 is 11.6 Å². The Bertz CT molecular complexity index is 2160. The zero-order chi connectivity index (χ0) is 37.3. The number of phenolic OH excluding ortho intramolecular Hbond substituents is 1. The minimum atomic E-state index is -0.790. The predicted octanol–water partition coefficient (Wildman–Crippen LogP) is 7.81. The van der Waals surface area contributed by atoms with E-state index in [9.17, 15) is 9.50 Å². The molecule has 4 heterocycles. The topological polar surface area (TPSA) is 108 Å². The lowest BCUT2D eigenvalue weighted by Gasteiger charge is -2.25. The number of fused-ring (bicyclic) bond motifs is 3. The third-order valence-corrected chi connectivity index (χ3v) is 10.6. The fraction of sp³-hybridized carbons (Fsp3) is 0.429. The largest absolute Gasteiger partial charge is 0.508 e. The Labute approximate surface area is 309 Å². The van der Waals surface area contributed by atoms with Crippen molar-refractivity contribution in [2.45, 2.75) is 46.0 Å². The van der Waals surface area contributed by atoms with Crippen molar-refractivity contribution in [1.29, 1.82) is 5.26 Å². The Morgan fingerprint density at radius 3 is 2.42 bits per heavy atom. The van der Waals surface area contributed by atoms with E-state index >= 15 is 4.39 Å². The third kappa shape index (κ3) is 7.63. The Balaban J connectivity index is 0.000000568. The molecule has 2 aromatic carbocycles. The summed E-state index contributed by atoms with van der Waals surface area (Å²) in [6.45, 7) is 9.00. The van der Waals surface area contributed by atoms with Crippen molar-refractivity contribution in [2.24, 2.45) is 23.2 Å². The number of aromatic nitrogens is 3. The molecule has 2 saturated carbocycles. The average Bonchev–Trinajstić information content (AvgIpc) is 4.07. The molecule has 53 heavy (non-hydrogen) atoms. The number of piperidine rings is 1. The molecule has 274 valence electrons. The van der Waals surface area contributed by atoms with E-state index in [1.807, 2.05) is 29.2 Å². The first-order chi connectivity index (χ1) is 25.6. The zero-order valence-corrected chi connectivity index (χ0v) is 30.4. The van der Waals surface area contributed by atoms with Gasteiger partial charge in [0.15, 0.2) is 5.82 Å². The molecule has 1 saturated heterocycles. The second-order valence-corrected chi connectivity index (χ2v) is 15.1. The highest BCUT2D eigenvalue weighted by Crippen LogP contribution is 2.51. The molecule has 4 aromatic rings. The lowest BCUT2D eigenvalue weighted by molar-refractivity contribution is 0.163. The van der Waals surface area contributed by atoms with Gasteiger partial charge in [-0.05, 0) is 67.0 Å². The summed E-state index contributed by atoms with van der Waals surface area (Å²) in [7, 11) is 1.44. The van der Waals surface area contributed by atoms with Crippen LogP contribution in [0.4, 0.5) is 14.6 Å². The summed E-state index contributed by atoms with van der Waals surface area (Å²) in [5.41, 5.74) is -0.153. The molecule has 2 aliphatic heterocycles. The van der Waals surface area contributed by atoms with Gasteiger partial charge in [0.1, 0.15) is 34.0 Å². The summed E-state index contributed by atoms with van der Waals surface area (Å²) in [6.07, 6.45) is 18.8. The highest BCUT2D eigenvalue weighted by molar-refractivity contribution is 6.04. The summed E-state index contributed by atoms with van der Waals surface area (Å²) in [6, 6.07) is 7.63. The number of terminal acetylenes is 1. The van der Waals surface area contributed by atoms with Crippen LogP contribution >= 0.6 is 0 Å². The van der Waals surface area contributed by atoms with Gasteiger partial charge in [-0.2, -0.15) is 15.2 Å². The number of anilines is 1. The van der Waals surface area contributed by atoms with E-state index in [1.165, 1.54) is 37.8 Å². The van der Waals surface area contributed by atoms with Crippen LogP contribution < -0.4 is 14.4 Å². The van der Waals surface area contributed by atoms with Crippen molar-refractivity contribution in [1.82, 2.24) is 19.9 Å². The SMILES string of the molecule is C#Cc1c(F)ccc2cc(O)cc(-c3nc(OC)c4c(N5CC=CC=CC5)nc(OCC5(CN6CC7CC7C6)CC5)nc4c3F)c12.CC(C)CCC#N. The van der Waals surface area contributed by atoms with Gasteiger partial charge in [0.05, 0.1) is 25.3 Å². The molecule has 9 nitrogen and oxygen atoms in total. The predicted molar refractivity (Wildman–Crippen MR) is 202 cm³/mol. The zero-order valence-electron chi connectivity index (χ0n) is 30.4. The number of allylic oxidation sites excluding steroid dienone is 2. The smallest absolute Gasteiger partial charge is 0.319 e. The van der Waals surface area contributed by atoms with Crippen LogP contribution in [-0.2, 0) is 0 Å². The first-order valence-corrected chi connectivity index (χ1v) is 18.3. The number of benzene rings is 2. The highest BCUT2D eigenvalue weighted by Gasteiger charge is 2.50. The van der Waals surface area contributed by atoms with Crippen LogP contribution in [0.1, 0.15) is 51.5 Å². The van der Waals surface area contributed by atoms with Crippen LogP contribution in [0, 0.1) is 58.5 Å². The third-order valence-electron chi connectivity index (χ3n) is 10.6. The number of likely N-dealkylation sites (tertiary alicyclic amines) is 1. The quantitative estimate of drug-likeness (QED) is 0.164. The molecule has 11 heteroatoms. The Morgan fingerprint density at radius 2 is 1.79 bits per heavy atom. The number of hydrogen-bond acceptors (Lipinski definition) is 9. The fourth-order valence-corrected chi connectivity index (χ4v) is 7.45. The number of hydrogen-bond donors (Lipinski definition) is 1. The summed E-state index contributed by atoms with van der Waals surface area (Å²) in [5, 5.41) is 19.6. The molecule has 2 aromatic heterocycles. The summed E-state index contributed by atoms with van der Waals surface area (Å²) < 4.78 is 43.9. The molecule has 0 spiro atoms. The van der Waals surface area contributed by atoms with Crippen LogP contribution in [-0.4, -0.2) is 71.4 Å². The molecule has 4 aliphatic rings. The maximum absolute atomic E-state index is 16.9. The second kappa shape index (κ2) is 15.0. The standard InChI is InChI=1S/C36H33F2N5O3.C6H11N/c1-3-25-27(37)9-8-21-15-24(44)16-26(28(21)25)31-30(38)32-29(34(39-31)45-2)33(43-12-6-4-5-7-13-43)41-35(40-32)46-20-36(10-11-36)19-42-17-22-14-23(22)18-42;1-6(2)4-3-5-7/h1,4-9,15-16,22-23,44H,10-14,17-20H2,2H3;6H,3-4H2,1-2H3. The number of nitriles is 1. The number of nitrogens with zero attached hydrogens (tertiary/aromatic N) is 6. The average molecular weight is 719 g/mol. The Hall–Kier alpha value is -5.26. The van der Waals surface area contributed by atoms with E-state index in [1.54, 1.807) is 0 Å². The molecule has 1 N–H and O–H groups in total. The van der Waals surface area contributed by atoms with Crippen molar-refractivity contribution in [3.8, 4) is 47.3 Å². The summed E-state index contributed by atoms with van der Waals surface area (Å²) in [5.74, 6) is 3.69. The van der Waals surface area contributed by atoms with E-state index in [0.717, 1.165) is 50.7 Å². The van der Waals surface area contributed by atoms with Gasteiger partial charge in [0.2, 0.25) is 5.88 Å². The molecular weight excluding hydrogens is 674 g/mol. The Morgan fingerprint density at radius 1 is 1.06 bits per heavy atom. The molecule has 0 radical (unpaired) electrons. The fourth-order valence-electron chi connectivity index (χ4n) is 7.45. The van der Waals surface area contributed by atoms with Gasteiger partial charge in [-0.1, -0.05) is 50.1 Å². The number of ether oxygens (including phenoxy) is 2. The van der Waals surface area contributed by atoms with Crippen LogP contribution in [0.25, 0.3) is 32.9 Å². The van der Waals surface area contributed by atoms with Gasteiger partial charge in [-0.15, -0.1) is 6.42 Å². The van der Waals surface area contributed by atoms with Crippen LogP contribution in [0.5, 0.6) is 17.6 Å². The maximum atomic E-state index is 16.9. The lowest BCUT2D eigenvalue weighted by atomic mass is 9.95. The number of halogens is 2. The molecule has 3 fully saturated rings. The van der Waals surface area contributed by atoms with Gasteiger partial charge in [0.25, 0.3) is 0 Å². The highest BCUT2D eigenvalue weighted by atomic mass is 19.1. The minimum absolute atomic E-state index is 0.0408. The van der Waals surface area contributed by atoms with Crippen molar-refractivity contribution >= 4 is 27.5 Å². The summed E-state index contributed by atoms with van der Waals surface area (Å²) >= 11 is 0. The monoisotopic (exact) mass is 718 g/mol. The van der Waals surface area contributed by atoms with Crippen LogP contribution in [0.15, 0.2) is 48.6 Å². The number of phenols is 1. The van der Waals surface area contributed by atoms with E-state index in [-0.39, 0.29) is 56.2 Å². The summed E-state index contributed by atoms with van der Waals surface area (Å²) in [4.78, 5) is 18.5. The van der Waals surface area contributed by atoms with Crippen LogP contribution in [0.3, 0.4) is 0 Å².